The van der Waals surface area contributed by atoms with Crippen LogP contribution in [0.1, 0.15) is 36.5 Å². The van der Waals surface area contributed by atoms with Crippen molar-refractivity contribution in [2.45, 2.75) is 44.4 Å². The van der Waals surface area contributed by atoms with E-state index in [1.54, 1.807) is 6.92 Å². The van der Waals surface area contributed by atoms with Crippen LogP contribution in [-0.2, 0) is 14.3 Å². The molecular formula is C22H22F2N2O6. The number of amides is 1. The Morgan fingerprint density at radius 3 is 2.34 bits per heavy atom. The Labute approximate surface area is 182 Å². The fourth-order valence-electron chi connectivity index (χ4n) is 3.33. The van der Waals surface area contributed by atoms with Gasteiger partial charge in [-0.15, -0.1) is 0 Å². The topological polar surface area (TPSA) is 108 Å². The summed E-state index contributed by atoms with van der Waals surface area (Å²) >= 11 is 0. The monoisotopic (exact) mass is 448 g/mol. The molecule has 1 saturated carbocycles. The fourth-order valence-corrected chi connectivity index (χ4v) is 3.33. The van der Waals surface area contributed by atoms with Gasteiger partial charge in [-0.25, -0.2) is 13.6 Å². The molecule has 32 heavy (non-hydrogen) atoms. The number of ether oxygens (including phenoxy) is 2. The van der Waals surface area contributed by atoms with Crippen LogP contribution in [0, 0.1) is 21.7 Å². The number of carbonyl (C=O) groups is 2. The van der Waals surface area contributed by atoms with Crippen LogP contribution in [0.15, 0.2) is 36.4 Å². The number of hydrogen-bond acceptors (Lipinski definition) is 6. The Morgan fingerprint density at radius 2 is 1.78 bits per heavy atom. The van der Waals surface area contributed by atoms with Crippen LogP contribution in [0.3, 0.4) is 0 Å². The summed E-state index contributed by atoms with van der Waals surface area (Å²) in [7, 11) is 1.16. The molecule has 1 fully saturated rings. The van der Waals surface area contributed by atoms with Crippen molar-refractivity contribution in [1.82, 2.24) is 5.32 Å². The number of halogens is 2. The molecule has 0 saturated heterocycles. The van der Waals surface area contributed by atoms with Gasteiger partial charge in [-0.3, -0.25) is 14.9 Å². The lowest BCUT2D eigenvalue weighted by Gasteiger charge is -2.32. The summed E-state index contributed by atoms with van der Waals surface area (Å²) in [6.45, 7) is 1.61. The van der Waals surface area contributed by atoms with Crippen LogP contribution < -0.4 is 5.32 Å². The van der Waals surface area contributed by atoms with E-state index in [9.17, 15) is 28.5 Å². The summed E-state index contributed by atoms with van der Waals surface area (Å²) in [5.74, 6) is -3.76. The van der Waals surface area contributed by atoms with Gasteiger partial charge < -0.3 is 14.8 Å². The van der Waals surface area contributed by atoms with Crippen molar-refractivity contribution >= 4 is 17.6 Å². The van der Waals surface area contributed by atoms with Crippen molar-refractivity contribution < 1.29 is 32.8 Å². The average molecular weight is 448 g/mol. The van der Waals surface area contributed by atoms with Gasteiger partial charge in [0.15, 0.2) is 17.7 Å². The number of nitrogens with one attached hydrogen (secondary N) is 1. The molecule has 10 heteroatoms. The highest BCUT2D eigenvalue weighted by atomic mass is 19.2. The quantitative estimate of drug-likeness (QED) is 0.374. The van der Waals surface area contributed by atoms with Crippen molar-refractivity contribution in [3.63, 3.8) is 0 Å². The molecule has 2 aromatic rings. The van der Waals surface area contributed by atoms with Crippen molar-refractivity contribution in [3.8, 4) is 11.1 Å². The van der Waals surface area contributed by atoms with Gasteiger partial charge in [-0.05, 0) is 55.5 Å². The molecule has 0 spiro atoms. The van der Waals surface area contributed by atoms with Crippen LogP contribution >= 0.6 is 0 Å². The van der Waals surface area contributed by atoms with Crippen LogP contribution in [0.2, 0.25) is 0 Å². The highest BCUT2D eigenvalue weighted by Gasteiger charge is 2.33. The molecule has 1 aliphatic rings. The maximum absolute atomic E-state index is 13.6. The first-order valence-corrected chi connectivity index (χ1v) is 9.99. The first-order valence-electron chi connectivity index (χ1n) is 9.99. The zero-order valence-electron chi connectivity index (χ0n) is 17.5. The predicted molar refractivity (Wildman–Crippen MR) is 110 cm³/mol. The van der Waals surface area contributed by atoms with Gasteiger partial charge in [0.1, 0.15) is 5.56 Å². The lowest BCUT2D eigenvalue weighted by molar-refractivity contribution is -0.385. The van der Waals surface area contributed by atoms with Gasteiger partial charge in [0.05, 0.1) is 24.2 Å². The number of benzene rings is 2. The molecule has 0 heterocycles. The van der Waals surface area contributed by atoms with E-state index in [1.807, 2.05) is 0 Å². The van der Waals surface area contributed by atoms with Gasteiger partial charge in [-0.2, -0.15) is 0 Å². The highest BCUT2D eigenvalue weighted by Crippen LogP contribution is 2.29. The largest absolute Gasteiger partial charge is 0.467 e. The summed E-state index contributed by atoms with van der Waals surface area (Å²) in [5, 5.41) is 14.1. The Morgan fingerprint density at radius 1 is 1.12 bits per heavy atom. The molecule has 0 aliphatic heterocycles. The normalized spacial score (nSPS) is 15.4. The third-order valence-corrected chi connectivity index (χ3v) is 5.36. The first-order chi connectivity index (χ1) is 15.2. The molecule has 0 bridgehead atoms. The lowest BCUT2D eigenvalue weighted by atomic mass is 9.95. The SMILES string of the molecule is COC(=O)[C@@H](NC(=O)c1ccc(-c2ccc(F)c(F)c2)cc1[N+](=O)[O-])C(C)OC1CCC1. The Kier molecular flexibility index (Phi) is 7.14. The van der Waals surface area contributed by atoms with E-state index < -0.39 is 46.3 Å². The van der Waals surface area contributed by atoms with Crippen LogP contribution in [0.25, 0.3) is 11.1 Å². The molecule has 1 amide bonds. The summed E-state index contributed by atoms with van der Waals surface area (Å²) < 4.78 is 37.3. The number of carbonyl (C=O) groups excluding carboxylic acids is 2. The number of hydrogen-bond donors (Lipinski definition) is 1. The maximum Gasteiger partial charge on any atom is 0.331 e. The minimum atomic E-state index is -1.17. The minimum Gasteiger partial charge on any atom is -0.467 e. The van der Waals surface area contributed by atoms with Gasteiger partial charge in [0.2, 0.25) is 0 Å². The smallest absolute Gasteiger partial charge is 0.331 e. The fraction of sp³-hybridized carbons (Fsp3) is 0.364. The summed E-state index contributed by atoms with van der Waals surface area (Å²) in [6, 6.07) is 5.56. The zero-order chi connectivity index (χ0) is 23.4. The number of rotatable bonds is 8. The number of methoxy groups -OCH3 is 1. The van der Waals surface area contributed by atoms with Crippen molar-refractivity contribution in [1.29, 1.82) is 0 Å². The molecule has 2 aromatic carbocycles. The predicted octanol–water partition coefficient (Wildman–Crippen LogP) is 3.77. The second kappa shape index (κ2) is 9.82. The molecule has 2 atom stereocenters. The van der Waals surface area contributed by atoms with E-state index in [-0.39, 0.29) is 22.8 Å². The zero-order valence-corrected chi connectivity index (χ0v) is 17.5. The Hall–Kier alpha value is -3.40. The van der Waals surface area contributed by atoms with Crippen molar-refractivity contribution in [2.24, 2.45) is 0 Å². The van der Waals surface area contributed by atoms with E-state index in [0.29, 0.717) is 0 Å². The Balaban J connectivity index is 1.87. The van der Waals surface area contributed by atoms with Gasteiger partial charge in [-0.1, -0.05) is 12.1 Å². The average Bonchev–Trinajstić information content (AvgIpc) is 2.75. The standard InChI is InChI=1S/C22H22F2N2O6/c1-12(32-15-4-3-5-15)20(22(28)31-2)25-21(27)16-8-6-14(11-19(16)26(29)30)13-7-9-17(23)18(24)10-13/h6-12,15,20H,3-5H2,1-2H3,(H,25,27)/t12?,20-/m0/s1. The van der Waals surface area contributed by atoms with Crippen molar-refractivity contribution in [3.05, 3.63) is 63.7 Å². The van der Waals surface area contributed by atoms with E-state index in [1.165, 1.54) is 18.2 Å². The Bertz CT molecular complexity index is 1040. The number of nitro benzene ring substituents is 1. The minimum absolute atomic E-state index is 0.0150. The van der Waals surface area contributed by atoms with Crippen LogP contribution in [0.5, 0.6) is 0 Å². The van der Waals surface area contributed by atoms with Gasteiger partial charge in [0.25, 0.3) is 11.6 Å². The molecular weight excluding hydrogens is 426 g/mol. The number of nitrogens with zero attached hydrogens (tertiary/aromatic N) is 1. The molecule has 1 unspecified atom stereocenters. The molecule has 1 aliphatic carbocycles. The summed E-state index contributed by atoms with van der Waals surface area (Å²) in [4.78, 5) is 35.9. The third kappa shape index (κ3) is 5.08. The molecule has 1 N–H and O–H groups in total. The van der Waals surface area contributed by atoms with Gasteiger partial charge in [0, 0.05) is 6.07 Å². The third-order valence-electron chi connectivity index (χ3n) is 5.36. The van der Waals surface area contributed by atoms with Crippen LogP contribution in [-0.4, -0.2) is 42.2 Å². The van der Waals surface area contributed by atoms with E-state index >= 15 is 0 Å². The molecule has 0 aromatic heterocycles. The van der Waals surface area contributed by atoms with Gasteiger partial charge >= 0.3 is 5.97 Å². The second-order valence-electron chi connectivity index (χ2n) is 7.49. The first kappa shape index (κ1) is 23.3. The maximum atomic E-state index is 13.6. The summed E-state index contributed by atoms with van der Waals surface area (Å²) in [5.41, 5.74) is -0.431. The second-order valence-corrected chi connectivity index (χ2v) is 7.49. The number of esters is 1. The van der Waals surface area contributed by atoms with E-state index in [0.717, 1.165) is 44.6 Å². The van der Waals surface area contributed by atoms with Crippen molar-refractivity contribution in [2.75, 3.05) is 7.11 Å². The molecule has 170 valence electrons. The van der Waals surface area contributed by atoms with E-state index in [4.69, 9.17) is 9.47 Å². The molecule has 8 nitrogen and oxygen atoms in total. The number of nitro groups is 1. The van der Waals surface area contributed by atoms with E-state index in [2.05, 4.69) is 5.32 Å². The summed E-state index contributed by atoms with van der Waals surface area (Å²) in [6.07, 6.45) is 1.99. The molecule has 0 radical (unpaired) electrons. The lowest BCUT2D eigenvalue weighted by Crippen LogP contribution is -2.50. The highest BCUT2D eigenvalue weighted by molar-refractivity contribution is 6.01. The molecule has 3 rings (SSSR count). The van der Waals surface area contributed by atoms with Crippen LogP contribution in [0.4, 0.5) is 14.5 Å².